The minimum atomic E-state index is -1.10. The van der Waals surface area contributed by atoms with Crippen molar-refractivity contribution in [3.63, 3.8) is 0 Å². The Kier molecular flexibility index (Phi) is 5.56. The van der Waals surface area contributed by atoms with Gasteiger partial charge in [0.05, 0.1) is 17.4 Å². The molecule has 2 saturated carbocycles. The van der Waals surface area contributed by atoms with Crippen LogP contribution in [0.15, 0.2) is 24.3 Å². The van der Waals surface area contributed by atoms with Crippen LogP contribution in [0.1, 0.15) is 75.2 Å². The first-order valence-corrected chi connectivity index (χ1v) is 10.3. The average Bonchev–Trinajstić information content (AvgIpc) is 2.57. The summed E-state index contributed by atoms with van der Waals surface area (Å²) in [6.07, 6.45) is 0.808. The van der Waals surface area contributed by atoms with Crippen LogP contribution in [0.5, 0.6) is 0 Å². The molecule has 3 rings (SSSR count). The van der Waals surface area contributed by atoms with Crippen LogP contribution in [0.4, 0.5) is 0 Å². The predicted molar refractivity (Wildman–Crippen MR) is 109 cm³/mol. The molecular formula is C24H28O6. The molecule has 6 nitrogen and oxygen atoms in total. The number of hydrogen-bond donors (Lipinski definition) is 1. The number of carbonyl (C=O) groups is 5. The van der Waals surface area contributed by atoms with Crippen LogP contribution < -0.4 is 0 Å². The van der Waals surface area contributed by atoms with Gasteiger partial charge in [-0.25, -0.2) is 4.79 Å². The number of ketones is 4. The molecule has 0 aliphatic heterocycles. The first-order valence-electron chi connectivity index (χ1n) is 10.3. The Bertz CT molecular complexity index is 834. The Morgan fingerprint density at radius 3 is 1.40 bits per heavy atom. The van der Waals surface area contributed by atoms with Crippen molar-refractivity contribution < 1.29 is 29.1 Å². The molecule has 160 valence electrons. The number of hydrogen-bond acceptors (Lipinski definition) is 5. The Balaban J connectivity index is 2.09. The van der Waals surface area contributed by atoms with E-state index in [0.29, 0.717) is 5.56 Å². The van der Waals surface area contributed by atoms with Gasteiger partial charge in [-0.1, -0.05) is 39.8 Å². The molecule has 1 aromatic carbocycles. The van der Waals surface area contributed by atoms with E-state index >= 15 is 0 Å². The molecule has 0 bridgehead atoms. The Morgan fingerprint density at radius 2 is 1.10 bits per heavy atom. The number of Topliss-reactive ketones (excluding diaryl/α,β-unsaturated/α-hetero) is 4. The molecule has 2 aliphatic rings. The Morgan fingerprint density at radius 1 is 0.767 bits per heavy atom. The fraction of sp³-hybridized carbons (Fsp3) is 0.542. The van der Waals surface area contributed by atoms with E-state index in [9.17, 15) is 29.1 Å². The minimum absolute atomic E-state index is 0.0577. The average molecular weight is 412 g/mol. The molecule has 0 spiro atoms. The van der Waals surface area contributed by atoms with Crippen LogP contribution in [0.3, 0.4) is 0 Å². The van der Waals surface area contributed by atoms with Gasteiger partial charge in [0, 0.05) is 31.6 Å². The molecule has 2 aliphatic carbocycles. The van der Waals surface area contributed by atoms with Crippen molar-refractivity contribution in [3.8, 4) is 0 Å². The van der Waals surface area contributed by atoms with Gasteiger partial charge in [-0.05, 0) is 28.5 Å². The van der Waals surface area contributed by atoms with E-state index < -0.39 is 34.6 Å². The van der Waals surface area contributed by atoms with Crippen LogP contribution in [0.2, 0.25) is 0 Å². The quantitative estimate of drug-likeness (QED) is 0.757. The maximum atomic E-state index is 13.1. The highest BCUT2D eigenvalue weighted by Gasteiger charge is 2.52. The van der Waals surface area contributed by atoms with E-state index in [1.54, 1.807) is 0 Å². The molecule has 0 unspecified atom stereocenters. The first-order chi connectivity index (χ1) is 13.8. The van der Waals surface area contributed by atoms with Crippen molar-refractivity contribution in [2.45, 2.75) is 59.3 Å². The second-order valence-corrected chi connectivity index (χ2v) is 10.3. The minimum Gasteiger partial charge on any atom is -0.478 e. The van der Waals surface area contributed by atoms with Crippen molar-refractivity contribution in [2.75, 3.05) is 0 Å². The summed E-state index contributed by atoms with van der Waals surface area (Å²) < 4.78 is 0. The molecule has 2 fully saturated rings. The van der Waals surface area contributed by atoms with Gasteiger partial charge < -0.3 is 5.11 Å². The zero-order chi connectivity index (χ0) is 22.4. The number of carbonyl (C=O) groups excluding carboxylic acids is 4. The molecule has 0 saturated heterocycles. The van der Waals surface area contributed by atoms with E-state index in [2.05, 4.69) is 0 Å². The lowest BCUT2D eigenvalue weighted by molar-refractivity contribution is -0.145. The lowest BCUT2D eigenvalue weighted by Gasteiger charge is -2.41. The summed E-state index contributed by atoms with van der Waals surface area (Å²) in [5, 5.41) is 9.18. The summed E-state index contributed by atoms with van der Waals surface area (Å²) in [6, 6.07) is 5.81. The van der Waals surface area contributed by atoms with Gasteiger partial charge >= 0.3 is 5.97 Å². The van der Waals surface area contributed by atoms with Crippen LogP contribution >= 0.6 is 0 Å². The topological polar surface area (TPSA) is 106 Å². The fourth-order valence-corrected chi connectivity index (χ4v) is 5.04. The number of benzene rings is 1. The van der Waals surface area contributed by atoms with Crippen molar-refractivity contribution in [3.05, 3.63) is 35.4 Å². The van der Waals surface area contributed by atoms with Crippen molar-refractivity contribution in [2.24, 2.45) is 22.7 Å². The molecule has 0 heterocycles. The highest BCUT2D eigenvalue weighted by Crippen LogP contribution is 2.47. The molecular weight excluding hydrogens is 384 g/mol. The third-order valence-corrected chi connectivity index (χ3v) is 6.26. The smallest absolute Gasteiger partial charge is 0.335 e. The monoisotopic (exact) mass is 412 g/mol. The number of carboxylic acid groups (broad SMARTS) is 1. The summed E-state index contributed by atoms with van der Waals surface area (Å²) in [5.41, 5.74) is -0.365. The van der Waals surface area contributed by atoms with Gasteiger partial charge in [-0.3, -0.25) is 19.2 Å². The highest BCUT2D eigenvalue weighted by atomic mass is 16.4. The zero-order valence-electron chi connectivity index (χ0n) is 17.9. The summed E-state index contributed by atoms with van der Waals surface area (Å²) >= 11 is 0. The molecule has 0 amide bonds. The normalized spacial score (nSPS) is 22.6. The Hall–Kier alpha value is -2.63. The second-order valence-electron chi connectivity index (χ2n) is 10.3. The molecule has 1 N–H and O–H groups in total. The fourth-order valence-electron chi connectivity index (χ4n) is 5.04. The van der Waals surface area contributed by atoms with E-state index in [4.69, 9.17) is 0 Å². The molecule has 0 radical (unpaired) electrons. The highest BCUT2D eigenvalue weighted by molar-refractivity contribution is 6.11. The maximum Gasteiger partial charge on any atom is 0.335 e. The second kappa shape index (κ2) is 7.56. The standard InChI is InChI=1S/C24H28O6/c1-23(2)9-15(25)20(16(26)10-23)19(13-5-7-14(8-6-13)22(29)30)21-17(27)11-24(3,4)12-18(21)28/h5-8,19-21H,9-12H2,1-4H3,(H,29,30). The molecule has 6 heteroatoms. The van der Waals surface area contributed by atoms with E-state index in [1.165, 1.54) is 24.3 Å². The van der Waals surface area contributed by atoms with Crippen LogP contribution in [-0.4, -0.2) is 34.2 Å². The van der Waals surface area contributed by atoms with Gasteiger partial charge in [0.1, 0.15) is 23.1 Å². The molecule has 1 aromatic rings. The predicted octanol–water partition coefficient (Wildman–Crippen LogP) is 3.62. The number of carboxylic acids is 1. The number of rotatable bonds is 4. The first kappa shape index (κ1) is 22.1. The zero-order valence-corrected chi connectivity index (χ0v) is 17.9. The molecule has 30 heavy (non-hydrogen) atoms. The van der Waals surface area contributed by atoms with Crippen molar-refractivity contribution in [1.82, 2.24) is 0 Å². The van der Waals surface area contributed by atoms with Crippen molar-refractivity contribution in [1.29, 1.82) is 0 Å². The summed E-state index contributed by atoms with van der Waals surface area (Å²) in [6.45, 7) is 7.43. The van der Waals surface area contributed by atoms with Gasteiger partial charge in [-0.15, -0.1) is 0 Å². The summed E-state index contributed by atoms with van der Waals surface area (Å²) in [4.78, 5) is 63.4. The Labute approximate surface area is 176 Å². The van der Waals surface area contributed by atoms with Crippen LogP contribution in [-0.2, 0) is 19.2 Å². The van der Waals surface area contributed by atoms with Crippen LogP contribution in [0, 0.1) is 22.7 Å². The maximum absolute atomic E-state index is 13.1. The van der Waals surface area contributed by atoms with E-state index in [0.717, 1.165) is 0 Å². The largest absolute Gasteiger partial charge is 0.478 e. The lowest BCUT2D eigenvalue weighted by atomic mass is 9.59. The third-order valence-electron chi connectivity index (χ3n) is 6.26. The molecule has 0 aromatic heterocycles. The van der Waals surface area contributed by atoms with E-state index in [-0.39, 0.29) is 54.4 Å². The van der Waals surface area contributed by atoms with Crippen molar-refractivity contribution >= 4 is 29.1 Å². The summed E-state index contributed by atoms with van der Waals surface area (Å²) in [7, 11) is 0. The van der Waals surface area contributed by atoms with Gasteiger partial charge in [0.25, 0.3) is 0 Å². The third kappa shape index (κ3) is 4.27. The SMILES string of the molecule is CC1(C)CC(=O)C(C(c2ccc(C(=O)O)cc2)C2C(=O)CC(C)(C)CC2=O)C(=O)C1. The lowest BCUT2D eigenvalue weighted by Crippen LogP contribution is -2.48. The van der Waals surface area contributed by atoms with Gasteiger partial charge in [0.2, 0.25) is 0 Å². The number of aromatic carboxylic acids is 1. The van der Waals surface area contributed by atoms with Gasteiger partial charge in [0.15, 0.2) is 0 Å². The molecule has 0 atom stereocenters. The summed E-state index contributed by atoms with van der Waals surface area (Å²) in [5.74, 6) is -5.14. The van der Waals surface area contributed by atoms with Gasteiger partial charge in [-0.2, -0.15) is 0 Å². The van der Waals surface area contributed by atoms with Crippen LogP contribution in [0.25, 0.3) is 0 Å². The van der Waals surface area contributed by atoms with E-state index in [1.807, 2.05) is 27.7 Å².